The minimum absolute atomic E-state index is 0.185. The molecule has 0 aliphatic heterocycles. The van der Waals surface area contributed by atoms with Gasteiger partial charge in [-0.2, -0.15) is 0 Å². The Morgan fingerprint density at radius 2 is 1.90 bits per heavy atom. The Bertz CT molecular complexity index is 658. The molecule has 5 heteroatoms. The van der Waals surface area contributed by atoms with Crippen LogP contribution in [-0.4, -0.2) is 9.36 Å². The number of halogens is 1. The van der Waals surface area contributed by atoms with Gasteiger partial charge in [0, 0.05) is 6.54 Å². The zero-order valence-electron chi connectivity index (χ0n) is 11.9. The highest BCUT2D eigenvalue weighted by molar-refractivity contribution is 6.32. The summed E-state index contributed by atoms with van der Waals surface area (Å²) in [6, 6.07) is 7.33. The van der Waals surface area contributed by atoms with Gasteiger partial charge in [0.1, 0.15) is 5.69 Å². The summed E-state index contributed by atoms with van der Waals surface area (Å²) in [4.78, 5) is 12.5. The summed E-state index contributed by atoms with van der Waals surface area (Å²) in [6.07, 6.45) is 2.66. The number of aromatic nitrogens is 2. The predicted octanol–water partition coefficient (Wildman–Crippen LogP) is 3.24. The Morgan fingerprint density at radius 3 is 2.50 bits per heavy atom. The highest BCUT2D eigenvalue weighted by Crippen LogP contribution is 2.22. The van der Waals surface area contributed by atoms with Crippen molar-refractivity contribution in [2.45, 2.75) is 39.7 Å². The molecular formula is C15H20ClN3O. The van der Waals surface area contributed by atoms with E-state index in [2.05, 4.69) is 13.8 Å². The van der Waals surface area contributed by atoms with E-state index in [9.17, 15) is 4.79 Å². The van der Waals surface area contributed by atoms with Crippen LogP contribution in [0.5, 0.6) is 0 Å². The molecule has 0 aliphatic rings. The first-order valence-electron chi connectivity index (χ1n) is 6.96. The van der Waals surface area contributed by atoms with Crippen LogP contribution in [0.4, 0.5) is 5.69 Å². The van der Waals surface area contributed by atoms with Crippen LogP contribution >= 0.6 is 11.6 Å². The molecule has 0 saturated carbocycles. The van der Waals surface area contributed by atoms with Crippen LogP contribution in [0, 0.1) is 0 Å². The van der Waals surface area contributed by atoms with Crippen molar-refractivity contribution in [1.82, 2.24) is 9.36 Å². The van der Waals surface area contributed by atoms with Gasteiger partial charge in [0.2, 0.25) is 0 Å². The minimum atomic E-state index is -0.185. The first-order chi connectivity index (χ1) is 9.61. The van der Waals surface area contributed by atoms with Gasteiger partial charge >= 0.3 is 0 Å². The average Bonchev–Trinajstić information content (AvgIpc) is 2.66. The monoisotopic (exact) mass is 293 g/mol. The zero-order chi connectivity index (χ0) is 14.7. The van der Waals surface area contributed by atoms with Crippen LogP contribution < -0.4 is 11.3 Å². The Labute approximate surface area is 123 Å². The van der Waals surface area contributed by atoms with Gasteiger partial charge in [0.15, 0.2) is 0 Å². The number of rotatable bonds is 5. The number of hydrogen-bond acceptors (Lipinski definition) is 2. The van der Waals surface area contributed by atoms with E-state index >= 15 is 0 Å². The fourth-order valence-electron chi connectivity index (χ4n) is 2.42. The molecule has 1 aromatic carbocycles. The number of nitrogens with zero attached hydrogens (tertiary/aromatic N) is 2. The van der Waals surface area contributed by atoms with Gasteiger partial charge in [0.25, 0.3) is 5.56 Å². The quantitative estimate of drug-likeness (QED) is 0.920. The molecular weight excluding hydrogens is 274 g/mol. The Hall–Kier alpha value is -1.68. The molecule has 4 nitrogen and oxygen atoms in total. The summed E-state index contributed by atoms with van der Waals surface area (Å²) in [6.45, 7) is 4.90. The molecule has 0 fully saturated rings. The van der Waals surface area contributed by atoms with Crippen molar-refractivity contribution in [3.63, 3.8) is 0 Å². The van der Waals surface area contributed by atoms with Crippen LogP contribution in [0.25, 0.3) is 5.69 Å². The van der Waals surface area contributed by atoms with Crippen molar-refractivity contribution in [2.24, 2.45) is 0 Å². The maximum Gasteiger partial charge on any atom is 0.294 e. The van der Waals surface area contributed by atoms with E-state index < -0.39 is 0 Å². The molecule has 2 rings (SSSR count). The second-order valence-corrected chi connectivity index (χ2v) is 5.21. The van der Waals surface area contributed by atoms with Crippen molar-refractivity contribution in [3.8, 4) is 5.69 Å². The van der Waals surface area contributed by atoms with Gasteiger partial charge in [-0.25, -0.2) is 4.68 Å². The number of anilines is 1. The summed E-state index contributed by atoms with van der Waals surface area (Å²) in [5, 5.41) is 0.549. The number of benzene rings is 1. The molecule has 0 aliphatic carbocycles. The van der Waals surface area contributed by atoms with Gasteiger partial charge in [-0.05, 0) is 25.0 Å². The topological polar surface area (TPSA) is 53.0 Å². The fourth-order valence-corrected chi connectivity index (χ4v) is 2.63. The van der Waals surface area contributed by atoms with E-state index in [0.29, 0.717) is 16.4 Å². The third kappa shape index (κ3) is 2.48. The number of nitrogens with two attached hydrogens (primary N) is 1. The van der Waals surface area contributed by atoms with Crippen LogP contribution in [0.2, 0.25) is 5.02 Å². The maximum atomic E-state index is 12.5. The molecule has 0 amide bonds. The summed E-state index contributed by atoms with van der Waals surface area (Å²) in [5.41, 5.74) is 7.74. The van der Waals surface area contributed by atoms with Crippen LogP contribution in [-0.2, 0) is 13.0 Å². The average molecular weight is 294 g/mol. The van der Waals surface area contributed by atoms with Gasteiger partial charge in [-0.15, -0.1) is 0 Å². The fraction of sp³-hybridized carbons (Fsp3) is 0.400. The van der Waals surface area contributed by atoms with Crippen LogP contribution in [0.15, 0.2) is 29.1 Å². The summed E-state index contributed by atoms with van der Waals surface area (Å²) in [5.74, 6) is 0. The summed E-state index contributed by atoms with van der Waals surface area (Å²) in [7, 11) is 0. The second kappa shape index (κ2) is 6.18. The molecule has 108 valence electrons. The highest BCUT2D eigenvalue weighted by atomic mass is 35.5. The van der Waals surface area contributed by atoms with E-state index in [-0.39, 0.29) is 5.56 Å². The van der Waals surface area contributed by atoms with E-state index in [1.165, 1.54) is 0 Å². The Balaban J connectivity index is 2.72. The SMILES string of the molecule is CCCc1c(N)c(=O)n(-c2ccccc2Cl)n1CCC. The first kappa shape index (κ1) is 14.7. The molecule has 0 bridgehead atoms. The third-order valence-corrected chi connectivity index (χ3v) is 3.61. The number of nitrogen functional groups attached to an aromatic ring is 1. The zero-order valence-corrected chi connectivity index (χ0v) is 12.7. The van der Waals surface area contributed by atoms with Crippen molar-refractivity contribution < 1.29 is 0 Å². The normalized spacial score (nSPS) is 10.9. The van der Waals surface area contributed by atoms with Crippen molar-refractivity contribution in [2.75, 3.05) is 5.73 Å². The maximum absolute atomic E-state index is 12.5. The molecule has 2 N–H and O–H groups in total. The molecule has 0 radical (unpaired) electrons. The lowest BCUT2D eigenvalue weighted by Crippen LogP contribution is -2.22. The highest BCUT2D eigenvalue weighted by Gasteiger charge is 2.18. The first-order valence-corrected chi connectivity index (χ1v) is 7.34. The standard InChI is InChI=1S/C15H20ClN3O/c1-3-7-13-14(17)15(20)19(18(13)10-4-2)12-9-6-5-8-11(12)16/h5-6,8-9H,3-4,7,10,17H2,1-2H3. The van der Waals surface area contributed by atoms with Crippen molar-refractivity contribution in [1.29, 1.82) is 0 Å². The lowest BCUT2D eigenvalue weighted by atomic mass is 10.2. The minimum Gasteiger partial charge on any atom is -0.393 e. The van der Waals surface area contributed by atoms with E-state index in [0.717, 1.165) is 31.5 Å². The van der Waals surface area contributed by atoms with Crippen molar-refractivity contribution in [3.05, 3.63) is 45.3 Å². The number of hydrogen-bond donors (Lipinski definition) is 1. The molecule has 0 saturated heterocycles. The van der Waals surface area contributed by atoms with Crippen LogP contribution in [0.3, 0.4) is 0 Å². The lowest BCUT2D eigenvalue weighted by molar-refractivity contribution is 0.512. The molecule has 2 aromatic rings. The van der Waals surface area contributed by atoms with Gasteiger partial charge in [-0.1, -0.05) is 44.0 Å². The van der Waals surface area contributed by atoms with E-state index in [1.807, 2.05) is 22.9 Å². The van der Waals surface area contributed by atoms with Crippen molar-refractivity contribution >= 4 is 17.3 Å². The molecule has 1 aromatic heterocycles. The summed E-state index contributed by atoms with van der Waals surface area (Å²) >= 11 is 6.23. The molecule has 0 unspecified atom stereocenters. The molecule has 1 heterocycles. The largest absolute Gasteiger partial charge is 0.393 e. The Kier molecular flexibility index (Phi) is 4.55. The van der Waals surface area contributed by atoms with Gasteiger partial charge < -0.3 is 5.73 Å². The molecule has 0 spiro atoms. The smallest absolute Gasteiger partial charge is 0.294 e. The van der Waals surface area contributed by atoms with Gasteiger partial charge in [0.05, 0.1) is 16.4 Å². The predicted molar refractivity (Wildman–Crippen MR) is 83.7 cm³/mol. The van der Waals surface area contributed by atoms with E-state index in [1.54, 1.807) is 10.7 Å². The Morgan fingerprint density at radius 1 is 1.20 bits per heavy atom. The third-order valence-electron chi connectivity index (χ3n) is 3.29. The second-order valence-electron chi connectivity index (χ2n) is 4.80. The lowest BCUT2D eigenvalue weighted by Gasteiger charge is -2.14. The number of para-hydroxylation sites is 1. The van der Waals surface area contributed by atoms with E-state index in [4.69, 9.17) is 17.3 Å². The molecule has 0 atom stereocenters. The van der Waals surface area contributed by atoms with Gasteiger partial charge in [-0.3, -0.25) is 9.48 Å². The summed E-state index contributed by atoms with van der Waals surface area (Å²) < 4.78 is 3.56. The van der Waals surface area contributed by atoms with Crippen LogP contribution in [0.1, 0.15) is 32.4 Å². The molecule has 20 heavy (non-hydrogen) atoms.